The molecule has 1 aliphatic rings. The van der Waals surface area contributed by atoms with Crippen molar-refractivity contribution in [1.29, 1.82) is 0 Å². The highest BCUT2D eigenvalue weighted by molar-refractivity contribution is 6.12. The number of benzene rings is 1. The van der Waals surface area contributed by atoms with Gasteiger partial charge in [-0.05, 0) is 25.1 Å². The van der Waals surface area contributed by atoms with Crippen LogP contribution >= 0.6 is 0 Å². The van der Waals surface area contributed by atoms with Crippen LogP contribution in [0.4, 0.5) is 14.5 Å². The van der Waals surface area contributed by atoms with Crippen LogP contribution in [0.5, 0.6) is 5.75 Å². The number of amides is 1. The number of carbonyl (C=O) groups is 1. The van der Waals surface area contributed by atoms with Crippen LogP contribution < -0.4 is 9.75 Å². The van der Waals surface area contributed by atoms with Crippen molar-refractivity contribution in [2.45, 2.75) is 26.9 Å². The highest BCUT2D eigenvalue weighted by Crippen LogP contribution is 2.34. The van der Waals surface area contributed by atoms with E-state index in [4.69, 9.17) is 4.52 Å². The van der Waals surface area contributed by atoms with E-state index < -0.39 is 6.61 Å². The number of halogens is 2. The molecule has 0 atom stereocenters. The molecule has 7 nitrogen and oxygen atoms in total. The van der Waals surface area contributed by atoms with Crippen molar-refractivity contribution < 1.29 is 22.8 Å². The van der Waals surface area contributed by atoms with E-state index in [1.807, 2.05) is 0 Å². The van der Waals surface area contributed by atoms with Crippen LogP contribution in [-0.2, 0) is 4.79 Å². The Kier molecular flexibility index (Phi) is 3.77. The zero-order valence-electron chi connectivity index (χ0n) is 12.3. The average Bonchev–Trinajstić information content (AvgIpc) is 3.04. The number of ether oxygens (including phenoxy) is 1. The quantitative estimate of drug-likeness (QED) is 0.864. The number of carbonyl (C=O) groups excluding carboxylic acids is 1. The topological polar surface area (TPSA) is 80.8 Å². The van der Waals surface area contributed by atoms with Gasteiger partial charge in [0.05, 0.1) is 17.7 Å². The molecular formula is C14H12F2N4O3. The Hall–Kier alpha value is -2.84. The first-order valence-electron chi connectivity index (χ1n) is 6.70. The Morgan fingerprint density at radius 1 is 1.35 bits per heavy atom. The second-order valence-electron chi connectivity index (χ2n) is 4.91. The summed E-state index contributed by atoms with van der Waals surface area (Å²) in [5, 5.41) is 9.03. The molecule has 2 heterocycles. The van der Waals surface area contributed by atoms with Gasteiger partial charge in [-0.3, -0.25) is 4.79 Å². The van der Waals surface area contributed by atoms with E-state index in [2.05, 4.69) is 20.0 Å². The highest BCUT2D eigenvalue weighted by Gasteiger charge is 2.25. The van der Waals surface area contributed by atoms with Crippen molar-refractivity contribution in [2.75, 3.05) is 5.01 Å². The SMILES string of the molecule is CC1=NN(c2ccc(OC(F)F)c(-c3noc(C)n3)c2)C(=O)C1. The number of hydrogen-bond acceptors (Lipinski definition) is 6. The third-order valence-corrected chi connectivity index (χ3v) is 3.11. The van der Waals surface area contributed by atoms with E-state index in [0.717, 1.165) is 0 Å². The van der Waals surface area contributed by atoms with Crippen LogP contribution in [0.1, 0.15) is 19.2 Å². The van der Waals surface area contributed by atoms with Gasteiger partial charge in [0.1, 0.15) is 5.75 Å². The van der Waals surface area contributed by atoms with E-state index in [0.29, 0.717) is 11.4 Å². The van der Waals surface area contributed by atoms with Crippen molar-refractivity contribution in [3.63, 3.8) is 0 Å². The second-order valence-corrected chi connectivity index (χ2v) is 4.91. The van der Waals surface area contributed by atoms with Crippen molar-refractivity contribution in [1.82, 2.24) is 10.1 Å². The third-order valence-electron chi connectivity index (χ3n) is 3.11. The summed E-state index contributed by atoms with van der Waals surface area (Å²) in [7, 11) is 0. The van der Waals surface area contributed by atoms with Gasteiger partial charge in [0.2, 0.25) is 11.7 Å². The second kappa shape index (κ2) is 5.75. The fraction of sp³-hybridized carbons (Fsp3) is 0.286. The molecular weight excluding hydrogens is 310 g/mol. The number of alkyl halides is 2. The van der Waals surface area contributed by atoms with Crippen molar-refractivity contribution in [3.8, 4) is 17.1 Å². The first-order chi connectivity index (χ1) is 10.9. The molecule has 1 aliphatic heterocycles. The fourth-order valence-electron chi connectivity index (χ4n) is 2.19. The Bertz CT molecular complexity index is 788. The standard InChI is InChI=1S/C14H12F2N4O3/c1-7-5-12(21)20(18-7)9-3-4-11(22-14(15)16)10(6-9)13-17-8(2)23-19-13/h3-4,6,14H,5H2,1-2H3. The Labute approximate surface area is 129 Å². The van der Waals surface area contributed by atoms with Crippen LogP contribution in [0.25, 0.3) is 11.4 Å². The smallest absolute Gasteiger partial charge is 0.387 e. The number of anilines is 1. The lowest BCUT2D eigenvalue weighted by Crippen LogP contribution is -2.19. The van der Waals surface area contributed by atoms with Crippen LogP contribution in [0.2, 0.25) is 0 Å². The molecule has 0 saturated carbocycles. The first-order valence-corrected chi connectivity index (χ1v) is 6.70. The summed E-state index contributed by atoms with van der Waals surface area (Å²) >= 11 is 0. The molecule has 0 aliphatic carbocycles. The molecule has 2 aromatic rings. The predicted octanol–water partition coefficient (Wildman–Crippen LogP) is 2.76. The van der Waals surface area contributed by atoms with Gasteiger partial charge < -0.3 is 9.26 Å². The summed E-state index contributed by atoms with van der Waals surface area (Å²) in [6.45, 7) is 0.308. The zero-order valence-corrected chi connectivity index (χ0v) is 12.3. The maximum absolute atomic E-state index is 12.6. The van der Waals surface area contributed by atoms with Gasteiger partial charge in [-0.1, -0.05) is 5.16 Å². The van der Waals surface area contributed by atoms with Crippen molar-refractivity contribution >= 4 is 17.3 Å². The summed E-state index contributed by atoms with van der Waals surface area (Å²) in [6, 6.07) is 4.25. The van der Waals surface area contributed by atoms with Gasteiger partial charge in [-0.15, -0.1) is 0 Å². The van der Waals surface area contributed by atoms with Crippen LogP contribution in [0.15, 0.2) is 27.8 Å². The first kappa shape index (κ1) is 15.1. The lowest BCUT2D eigenvalue weighted by atomic mass is 10.1. The third kappa shape index (κ3) is 3.03. The fourth-order valence-corrected chi connectivity index (χ4v) is 2.19. The molecule has 1 aromatic heterocycles. The minimum atomic E-state index is -3.00. The molecule has 120 valence electrons. The summed E-state index contributed by atoms with van der Waals surface area (Å²) in [6.07, 6.45) is 0.214. The van der Waals surface area contributed by atoms with Gasteiger partial charge >= 0.3 is 6.61 Å². The highest BCUT2D eigenvalue weighted by atomic mass is 19.3. The number of rotatable bonds is 4. The Balaban J connectivity index is 2.06. The monoisotopic (exact) mass is 322 g/mol. The van der Waals surface area contributed by atoms with E-state index >= 15 is 0 Å². The van der Waals surface area contributed by atoms with E-state index in [1.54, 1.807) is 13.8 Å². The molecule has 1 aromatic carbocycles. The van der Waals surface area contributed by atoms with Gasteiger partial charge in [0, 0.05) is 12.6 Å². The summed E-state index contributed by atoms with van der Waals surface area (Å²) in [5.41, 5.74) is 1.26. The van der Waals surface area contributed by atoms with E-state index in [-0.39, 0.29) is 35.4 Å². The van der Waals surface area contributed by atoms with Crippen molar-refractivity contribution in [2.24, 2.45) is 5.10 Å². The average molecular weight is 322 g/mol. The number of nitrogens with zero attached hydrogens (tertiary/aromatic N) is 4. The number of hydrogen-bond donors (Lipinski definition) is 0. The van der Waals surface area contributed by atoms with Crippen molar-refractivity contribution in [3.05, 3.63) is 24.1 Å². The summed E-state index contributed by atoms with van der Waals surface area (Å²) in [5.74, 6) is 0.0454. The molecule has 23 heavy (non-hydrogen) atoms. The lowest BCUT2D eigenvalue weighted by molar-refractivity contribution is -0.116. The van der Waals surface area contributed by atoms with Crippen LogP contribution in [0.3, 0.4) is 0 Å². The van der Waals surface area contributed by atoms with E-state index in [9.17, 15) is 13.6 Å². The number of aryl methyl sites for hydroxylation is 1. The molecule has 0 unspecified atom stereocenters. The minimum Gasteiger partial charge on any atom is -0.434 e. The summed E-state index contributed by atoms with van der Waals surface area (Å²) in [4.78, 5) is 15.9. The minimum absolute atomic E-state index is 0.0901. The Morgan fingerprint density at radius 3 is 2.70 bits per heavy atom. The van der Waals surface area contributed by atoms with Crippen LogP contribution in [-0.4, -0.2) is 28.4 Å². The van der Waals surface area contributed by atoms with Crippen LogP contribution in [0, 0.1) is 6.92 Å². The molecule has 0 saturated heterocycles. The molecule has 3 rings (SSSR count). The predicted molar refractivity (Wildman–Crippen MR) is 76.3 cm³/mol. The molecule has 0 radical (unpaired) electrons. The van der Waals surface area contributed by atoms with Gasteiger partial charge in [-0.25, -0.2) is 5.01 Å². The molecule has 0 fully saturated rings. The normalized spacial score (nSPS) is 14.6. The number of hydrazone groups is 1. The maximum atomic E-state index is 12.6. The molecule has 0 N–H and O–H groups in total. The van der Waals surface area contributed by atoms with E-state index in [1.165, 1.54) is 23.2 Å². The van der Waals surface area contributed by atoms with Gasteiger partial charge in [0.25, 0.3) is 5.91 Å². The summed E-state index contributed by atoms with van der Waals surface area (Å²) < 4.78 is 34.5. The zero-order chi connectivity index (χ0) is 16.6. The Morgan fingerprint density at radius 2 is 2.13 bits per heavy atom. The molecule has 9 heteroatoms. The molecule has 1 amide bonds. The number of aromatic nitrogens is 2. The maximum Gasteiger partial charge on any atom is 0.387 e. The lowest BCUT2D eigenvalue weighted by Gasteiger charge is -2.15. The largest absolute Gasteiger partial charge is 0.434 e. The van der Waals surface area contributed by atoms with Gasteiger partial charge in [0.15, 0.2) is 0 Å². The molecule has 0 bridgehead atoms. The van der Waals surface area contributed by atoms with Gasteiger partial charge in [-0.2, -0.15) is 18.9 Å². The molecule has 0 spiro atoms.